The second-order valence-corrected chi connectivity index (χ2v) is 6.14. The van der Waals surface area contributed by atoms with Gasteiger partial charge in [-0.15, -0.1) is 0 Å². The summed E-state index contributed by atoms with van der Waals surface area (Å²) in [5, 5.41) is 0. The molecule has 0 N–H and O–H groups in total. The second kappa shape index (κ2) is 7.55. The van der Waals surface area contributed by atoms with Crippen LogP contribution in [0.2, 0.25) is 0 Å². The van der Waals surface area contributed by atoms with Crippen LogP contribution in [0, 0.1) is 5.92 Å². The van der Waals surface area contributed by atoms with Crippen LogP contribution in [0.1, 0.15) is 19.8 Å². The molecule has 0 unspecified atom stereocenters. The average molecular weight is 332 g/mol. The number of amides is 1. The fourth-order valence-corrected chi connectivity index (χ4v) is 3.28. The molecule has 0 saturated carbocycles. The number of piperidine rings is 1. The highest BCUT2D eigenvalue weighted by molar-refractivity contribution is 5.83. The normalized spacial score (nSPS) is 17.9. The van der Waals surface area contributed by atoms with Crippen LogP contribution >= 0.6 is 0 Å². The minimum absolute atomic E-state index is 0.0712. The van der Waals surface area contributed by atoms with E-state index in [1.54, 1.807) is 0 Å². The quantitative estimate of drug-likeness (QED) is 0.785. The SMILES string of the molecule is CCOC(=O)C1CCN(C(=O)CN2CCOc3ccccc32)CC1. The van der Waals surface area contributed by atoms with E-state index in [0.717, 1.165) is 11.4 Å². The summed E-state index contributed by atoms with van der Waals surface area (Å²) in [6.45, 7) is 5.12. The molecule has 130 valence electrons. The number of nitrogens with zero attached hydrogens (tertiary/aromatic N) is 2. The fourth-order valence-electron chi connectivity index (χ4n) is 3.28. The van der Waals surface area contributed by atoms with Gasteiger partial charge in [0.05, 0.1) is 31.3 Å². The summed E-state index contributed by atoms with van der Waals surface area (Å²) in [6, 6.07) is 7.80. The molecule has 1 saturated heterocycles. The lowest BCUT2D eigenvalue weighted by molar-refractivity contribution is -0.151. The fraction of sp³-hybridized carbons (Fsp3) is 0.556. The minimum Gasteiger partial charge on any atom is -0.490 e. The lowest BCUT2D eigenvalue weighted by Gasteiger charge is -2.35. The molecular formula is C18H24N2O4. The molecule has 6 heteroatoms. The highest BCUT2D eigenvalue weighted by Crippen LogP contribution is 2.31. The molecule has 0 bridgehead atoms. The molecule has 0 radical (unpaired) electrons. The molecule has 24 heavy (non-hydrogen) atoms. The van der Waals surface area contributed by atoms with Gasteiger partial charge >= 0.3 is 5.97 Å². The summed E-state index contributed by atoms with van der Waals surface area (Å²) in [5.74, 6) is 0.733. The van der Waals surface area contributed by atoms with Crippen molar-refractivity contribution in [3.05, 3.63) is 24.3 Å². The van der Waals surface area contributed by atoms with Crippen molar-refractivity contribution in [1.29, 1.82) is 0 Å². The standard InChI is InChI=1S/C18H24N2O4/c1-2-23-18(22)14-7-9-19(10-8-14)17(21)13-20-11-12-24-16-6-4-3-5-15(16)20/h3-6,14H,2,7-13H2,1H3. The number of anilines is 1. The maximum atomic E-state index is 12.6. The van der Waals surface area contributed by atoms with Gasteiger partial charge in [-0.3, -0.25) is 9.59 Å². The van der Waals surface area contributed by atoms with Gasteiger partial charge in [0.25, 0.3) is 0 Å². The Morgan fingerprint density at radius 3 is 2.71 bits per heavy atom. The van der Waals surface area contributed by atoms with Gasteiger partial charge in [0.15, 0.2) is 0 Å². The largest absolute Gasteiger partial charge is 0.490 e. The zero-order valence-corrected chi connectivity index (χ0v) is 14.1. The monoisotopic (exact) mass is 332 g/mol. The van der Waals surface area contributed by atoms with Crippen LogP contribution in [0.3, 0.4) is 0 Å². The summed E-state index contributed by atoms with van der Waals surface area (Å²) in [7, 11) is 0. The molecule has 2 aliphatic heterocycles. The van der Waals surface area contributed by atoms with Gasteiger partial charge in [-0.1, -0.05) is 12.1 Å². The number of likely N-dealkylation sites (tertiary alicyclic amines) is 1. The molecule has 6 nitrogen and oxygen atoms in total. The number of para-hydroxylation sites is 2. The van der Waals surface area contributed by atoms with E-state index in [1.165, 1.54) is 0 Å². The first-order chi connectivity index (χ1) is 11.7. The Morgan fingerprint density at radius 2 is 1.96 bits per heavy atom. The van der Waals surface area contributed by atoms with Gasteiger partial charge in [-0.25, -0.2) is 0 Å². The molecule has 1 aromatic rings. The van der Waals surface area contributed by atoms with E-state index >= 15 is 0 Å². The van der Waals surface area contributed by atoms with Crippen LogP contribution in [-0.2, 0) is 14.3 Å². The third-order valence-corrected chi connectivity index (χ3v) is 4.62. The zero-order chi connectivity index (χ0) is 16.9. The first kappa shape index (κ1) is 16.6. The minimum atomic E-state index is -0.133. The molecule has 0 aromatic heterocycles. The zero-order valence-electron chi connectivity index (χ0n) is 14.1. The van der Waals surface area contributed by atoms with Crippen molar-refractivity contribution < 1.29 is 19.1 Å². The Hall–Kier alpha value is -2.24. The number of hydrogen-bond donors (Lipinski definition) is 0. The molecule has 1 amide bonds. The number of ether oxygens (including phenoxy) is 2. The molecule has 0 spiro atoms. The molecule has 2 aliphatic rings. The summed E-state index contributed by atoms with van der Waals surface area (Å²) < 4.78 is 10.7. The Morgan fingerprint density at radius 1 is 1.21 bits per heavy atom. The summed E-state index contributed by atoms with van der Waals surface area (Å²) in [6.07, 6.45) is 1.37. The lowest BCUT2D eigenvalue weighted by Crippen LogP contribution is -2.46. The predicted octanol–water partition coefficient (Wildman–Crippen LogP) is 1.69. The number of fused-ring (bicyclic) bond motifs is 1. The van der Waals surface area contributed by atoms with Crippen molar-refractivity contribution in [3.8, 4) is 5.75 Å². The summed E-state index contributed by atoms with van der Waals surface area (Å²) >= 11 is 0. The molecule has 3 rings (SSSR count). The van der Waals surface area contributed by atoms with E-state index in [1.807, 2.05) is 36.1 Å². The van der Waals surface area contributed by atoms with Crippen molar-refractivity contribution in [2.45, 2.75) is 19.8 Å². The number of benzene rings is 1. The highest BCUT2D eigenvalue weighted by Gasteiger charge is 2.29. The molecule has 0 atom stereocenters. The summed E-state index contributed by atoms with van der Waals surface area (Å²) in [5.41, 5.74) is 0.971. The van der Waals surface area contributed by atoms with Crippen LogP contribution in [-0.4, -0.2) is 56.2 Å². The van der Waals surface area contributed by atoms with E-state index in [2.05, 4.69) is 4.90 Å². The maximum absolute atomic E-state index is 12.6. The lowest BCUT2D eigenvalue weighted by atomic mass is 9.97. The van der Waals surface area contributed by atoms with Crippen molar-refractivity contribution in [3.63, 3.8) is 0 Å². The van der Waals surface area contributed by atoms with E-state index in [-0.39, 0.29) is 17.8 Å². The van der Waals surface area contributed by atoms with Crippen LogP contribution < -0.4 is 9.64 Å². The molecule has 2 heterocycles. The number of carbonyl (C=O) groups excluding carboxylic acids is 2. The third-order valence-electron chi connectivity index (χ3n) is 4.62. The second-order valence-electron chi connectivity index (χ2n) is 6.14. The average Bonchev–Trinajstić information content (AvgIpc) is 2.62. The topological polar surface area (TPSA) is 59.1 Å². The first-order valence-electron chi connectivity index (χ1n) is 8.60. The van der Waals surface area contributed by atoms with E-state index in [9.17, 15) is 9.59 Å². The van der Waals surface area contributed by atoms with Crippen LogP contribution in [0.4, 0.5) is 5.69 Å². The van der Waals surface area contributed by atoms with Gasteiger partial charge in [-0.05, 0) is 31.9 Å². The smallest absolute Gasteiger partial charge is 0.309 e. The molecule has 1 fully saturated rings. The Labute approximate surface area is 142 Å². The van der Waals surface area contributed by atoms with Crippen molar-refractivity contribution in [2.75, 3.05) is 44.3 Å². The van der Waals surface area contributed by atoms with Crippen LogP contribution in [0.25, 0.3) is 0 Å². The van der Waals surface area contributed by atoms with Crippen molar-refractivity contribution in [1.82, 2.24) is 4.90 Å². The van der Waals surface area contributed by atoms with Crippen molar-refractivity contribution in [2.24, 2.45) is 5.92 Å². The van der Waals surface area contributed by atoms with Crippen LogP contribution in [0.5, 0.6) is 5.75 Å². The van der Waals surface area contributed by atoms with E-state index < -0.39 is 0 Å². The van der Waals surface area contributed by atoms with E-state index in [4.69, 9.17) is 9.47 Å². The van der Waals surface area contributed by atoms with Crippen molar-refractivity contribution >= 4 is 17.6 Å². The maximum Gasteiger partial charge on any atom is 0.309 e. The first-order valence-corrected chi connectivity index (χ1v) is 8.60. The van der Waals surface area contributed by atoms with Gasteiger partial charge in [0.2, 0.25) is 5.91 Å². The van der Waals surface area contributed by atoms with Gasteiger partial charge in [0, 0.05) is 13.1 Å². The van der Waals surface area contributed by atoms with E-state index in [0.29, 0.717) is 52.2 Å². The number of carbonyl (C=O) groups is 2. The molecular weight excluding hydrogens is 308 g/mol. The number of rotatable bonds is 4. The highest BCUT2D eigenvalue weighted by atomic mass is 16.5. The van der Waals surface area contributed by atoms with Gasteiger partial charge in [-0.2, -0.15) is 0 Å². The van der Waals surface area contributed by atoms with Gasteiger partial charge < -0.3 is 19.3 Å². The predicted molar refractivity (Wildman–Crippen MR) is 90.1 cm³/mol. The molecule has 1 aromatic carbocycles. The Bertz CT molecular complexity index is 596. The number of hydrogen-bond acceptors (Lipinski definition) is 5. The Balaban J connectivity index is 1.55. The Kier molecular flexibility index (Phi) is 5.23. The number of esters is 1. The summed E-state index contributed by atoms with van der Waals surface area (Å²) in [4.78, 5) is 28.3. The molecule has 0 aliphatic carbocycles. The third kappa shape index (κ3) is 3.63. The van der Waals surface area contributed by atoms with Crippen LogP contribution in [0.15, 0.2) is 24.3 Å². The van der Waals surface area contributed by atoms with Gasteiger partial charge in [0.1, 0.15) is 12.4 Å².